The number of hydrogen-bond acceptors (Lipinski definition) is 2. The molecule has 122 valence electrons. The maximum atomic E-state index is 13.4. The summed E-state index contributed by atoms with van der Waals surface area (Å²) >= 11 is 0. The average Bonchev–Trinajstić information content (AvgIpc) is 2.55. The minimum Gasteiger partial charge on any atom is -0.339 e. The summed E-state index contributed by atoms with van der Waals surface area (Å²) in [4.78, 5) is 28.8. The van der Waals surface area contributed by atoms with Gasteiger partial charge >= 0.3 is 0 Å². The molecule has 0 N–H and O–H groups in total. The van der Waals surface area contributed by atoms with Crippen LogP contribution >= 0.6 is 0 Å². The molecule has 0 aromatic heterocycles. The zero-order valence-corrected chi connectivity index (χ0v) is 13.1. The van der Waals surface area contributed by atoms with E-state index in [0.717, 1.165) is 25.8 Å². The second-order valence-electron chi connectivity index (χ2n) is 7.09. The van der Waals surface area contributed by atoms with Gasteiger partial charge in [-0.3, -0.25) is 9.59 Å². The highest BCUT2D eigenvalue weighted by molar-refractivity contribution is 5.94. The molecule has 0 aliphatic carbocycles. The molecule has 0 radical (unpaired) electrons. The van der Waals surface area contributed by atoms with Crippen LogP contribution in [0.15, 0.2) is 24.3 Å². The van der Waals surface area contributed by atoms with E-state index in [9.17, 15) is 14.0 Å². The molecule has 2 unspecified atom stereocenters. The fourth-order valence-corrected chi connectivity index (χ4v) is 4.58. The topological polar surface area (TPSA) is 40.6 Å². The molecule has 3 saturated heterocycles. The van der Waals surface area contributed by atoms with Gasteiger partial charge in [-0.15, -0.1) is 0 Å². The predicted molar refractivity (Wildman–Crippen MR) is 83.3 cm³/mol. The number of carbonyl (C=O) groups excluding carboxylic acids is 2. The van der Waals surface area contributed by atoms with Gasteiger partial charge in [-0.05, 0) is 49.3 Å². The smallest absolute Gasteiger partial charge is 0.253 e. The van der Waals surface area contributed by atoms with Crippen LogP contribution in [-0.4, -0.2) is 47.3 Å². The first-order valence-electron chi connectivity index (χ1n) is 8.46. The Morgan fingerprint density at radius 2 is 2.09 bits per heavy atom. The maximum absolute atomic E-state index is 13.4. The zero-order valence-electron chi connectivity index (χ0n) is 13.1. The Hall–Kier alpha value is -1.91. The number of carbonyl (C=O) groups is 2. The van der Waals surface area contributed by atoms with Crippen molar-refractivity contribution >= 4 is 11.8 Å². The Balaban J connectivity index is 1.53. The third-order valence-corrected chi connectivity index (χ3v) is 5.54. The van der Waals surface area contributed by atoms with Crippen molar-refractivity contribution < 1.29 is 14.0 Å². The lowest BCUT2D eigenvalue weighted by Gasteiger charge is -2.52. The Bertz CT molecular complexity index is 648. The highest BCUT2D eigenvalue weighted by Gasteiger charge is 2.44. The van der Waals surface area contributed by atoms with Crippen LogP contribution in [0, 0.1) is 17.7 Å². The van der Waals surface area contributed by atoms with E-state index in [1.807, 2.05) is 4.90 Å². The fraction of sp³-hybridized carbons (Fsp3) is 0.556. The second kappa shape index (κ2) is 5.62. The number of likely N-dealkylation sites (tertiary alicyclic amines) is 1. The van der Waals surface area contributed by atoms with Crippen molar-refractivity contribution in [2.24, 2.45) is 11.8 Å². The Labute approximate surface area is 135 Å². The van der Waals surface area contributed by atoms with E-state index in [4.69, 9.17) is 0 Å². The summed E-state index contributed by atoms with van der Waals surface area (Å²) in [6.45, 7) is 2.12. The van der Waals surface area contributed by atoms with Crippen molar-refractivity contribution in [3.05, 3.63) is 35.6 Å². The van der Waals surface area contributed by atoms with Crippen LogP contribution in [0.5, 0.6) is 0 Å². The summed E-state index contributed by atoms with van der Waals surface area (Å²) in [7, 11) is 0. The molecule has 3 fully saturated rings. The molecule has 2 amide bonds. The lowest BCUT2D eigenvalue weighted by atomic mass is 9.76. The number of benzene rings is 1. The lowest BCUT2D eigenvalue weighted by Crippen LogP contribution is -2.61. The molecule has 3 aliphatic heterocycles. The van der Waals surface area contributed by atoms with E-state index in [0.29, 0.717) is 36.9 Å². The van der Waals surface area contributed by atoms with Gasteiger partial charge in [-0.25, -0.2) is 4.39 Å². The Morgan fingerprint density at radius 1 is 1.22 bits per heavy atom. The van der Waals surface area contributed by atoms with Gasteiger partial charge in [0.25, 0.3) is 5.91 Å². The van der Waals surface area contributed by atoms with E-state index >= 15 is 0 Å². The first-order chi connectivity index (χ1) is 11.1. The van der Waals surface area contributed by atoms with E-state index in [1.54, 1.807) is 12.1 Å². The standard InChI is InChI=1S/C18H21FN2O2/c19-15-4-1-3-13(8-15)18(23)20-9-12-7-14(11-20)16-5-2-6-17(22)21(16)10-12/h1,3-4,8,12,14,16H,2,5-7,9-11H2/t12?,14?,16-/m1/s1. The first kappa shape index (κ1) is 14.7. The van der Waals surface area contributed by atoms with E-state index in [-0.39, 0.29) is 23.7 Å². The molecule has 3 atom stereocenters. The van der Waals surface area contributed by atoms with Crippen molar-refractivity contribution in [2.45, 2.75) is 31.7 Å². The van der Waals surface area contributed by atoms with Crippen molar-refractivity contribution in [3.63, 3.8) is 0 Å². The van der Waals surface area contributed by atoms with Gasteiger partial charge in [0, 0.05) is 37.7 Å². The number of nitrogens with zero attached hydrogens (tertiary/aromatic N) is 2. The number of piperidine rings is 3. The van der Waals surface area contributed by atoms with Crippen LogP contribution in [0.1, 0.15) is 36.0 Å². The van der Waals surface area contributed by atoms with Crippen LogP contribution in [0.4, 0.5) is 4.39 Å². The van der Waals surface area contributed by atoms with E-state index in [1.165, 1.54) is 12.1 Å². The molecule has 0 spiro atoms. The maximum Gasteiger partial charge on any atom is 0.253 e. The summed E-state index contributed by atoms with van der Waals surface area (Å²) in [5.74, 6) is 0.529. The van der Waals surface area contributed by atoms with Crippen LogP contribution in [-0.2, 0) is 4.79 Å². The first-order valence-corrected chi connectivity index (χ1v) is 8.46. The molecular formula is C18H21FN2O2. The normalized spacial score (nSPS) is 30.1. The number of rotatable bonds is 1. The van der Waals surface area contributed by atoms with Crippen LogP contribution in [0.25, 0.3) is 0 Å². The molecule has 4 rings (SSSR count). The number of fused-ring (bicyclic) bond motifs is 4. The molecule has 0 saturated carbocycles. The van der Waals surface area contributed by atoms with Gasteiger partial charge < -0.3 is 9.80 Å². The molecule has 3 heterocycles. The minimum absolute atomic E-state index is 0.0882. The fourth-order valence-electron chi connectivity index (χ4n) is 4.58. The third-order valence-electron chi connectivity index (χ3n) is 5.54. The van der Waals surface area contributed by atoms with Crippen molar-refractivity contribution in [1.82, 2.24) is 9.80 Å². The van der Waals surface area contributed by atoms with Gasteiger partial charge in [-0.2, -0.15) is 0 Å². The van der Waals surface area contributed by atoms with Gasteiger partial charge in [-0.1, -0.05) is 6.07 Å². The number of hydrogen-bond donors (Lipinski definition) is 0. The van der Waals surface area contributed by atoms with E-state index < -0.39 is 0 Å². The SMILES string of the molecule is O=C(c1cccc(F)c1)N1CC2CC(C1)[C@H]1CCCC(=O)N1C2. The molecule has 5 heteroatoms. The molecule has 4 nitrogen and oxygen atoms in total. The van der Waals surface area contributed by atoms with Crippen LogP contribution in [0.2, 0.25) is 0 Å². The lowest BCUT2D eigenvalue weighted by molar-refractivity contribution is -0.144. The molecule has 23 heavy (non-hydrogen) atoms. The van der Waals surface area contributed by atoms with Crippen molar-refractivity contribution in [3.8, 4) is 0 Å². The van der Waals surface area contributed by atoms with Crippen LogP contribution in [0.3, 0.4) is 0 Å². The van der Waals surface area contributed by atoms with Gasteiger partial charge in [0.05, 0.1) is 0 Å². The molecule has 1 aromatic carbocycles. The predicted octanol–water partition coefficient (Wildman–Crippen LogP) is 2.30. The summed E-state index contributed by atoms with van der Waals surface area (Å²) in [6.07, 6.45) is 3.77. The quantitative estimate of drug-likeness (QED) is 0.798. The largest absolute Gasteiger partial charge is 0.339 e. The molecule has 2 bridgehead atoms. The highest BCUT2D eigenvalue weighted by Crippen LogP contribution is 2.38. The molecule has 1 aromatic rings. The van der Waals surface area contributed by atoms with Gasteiger partial charge in [0.15, 0.2) is 0 Å². The summed E-state index contributed by atoms with van der Waals surface area (Å²) < 4.78 is 13.4. The van der Waals surface area contributed by atoms with Crippen molar-refractivity contribution in [2.75, 3.05) is 19.6 Å². The Morgan fingerprint density at radius 3 is 2.91 bits per heavy atom. The second-order valence-corrected chi connectivity index (χ2v) is 7.09. The summed E-state index contributed by atoms with van der Waals surface area (Å²) in [5, 5.41) is 0. The van der Waals surface area contributed by atoms with Gasteiger partial charge in [0.2, 0.25) is 5.91 Å². The number of amides is 2. The minimum atomic E-state index is -0.378. The molecular weight excluding hydrogens is 295 g/mol. The van der Waals surface area contributed by atoms with Crippen molar-refractivity contribution in [1.29, 1.82) is 0 Å². The monoisotopic (exact) mass is 316 g/mol. The van der Waals surface area contributed by atoms with Gasteiger partial charge in [0.1, 0.15) is 5.82 Å². The summed E-state index contributed by atoms with van der Waals surface area (Å²) in [6, 6.07) is 6.20. The zero-order chi connectivity index (χ0) is 16.0. The number of halogens is 1. The van der Waals surface area contributed by atoms with Crippen LogP contribution < -0.4 is 0 Å². The highest BCUT2D eigenvalue weighted by atomic mass is 19.1. The average molecular weight is 316 g/mol. The van der Waals surface area contributed by atoms with E-state index in [2.05, 4.69) is 4.90 Å². The third kappa shape index (κ3) is 2.62. The molecule has 3 aliphatic rings. The Kier molecular flexibility index (Phi) is 3.58. The summed E-state index contributed by atoms with van der Waals surface area (Å²) in [5.41, 5.74) is 0.418.